The molecule has 0 bridgehead atoms. The van der Waals surface area contributed by atoms with Crippen LogP contribution in [0.5, 0.6) is 0 Å². The van der Waals surface area contributed by atoms with Crippen molar-refractivity contribution in [1.29, 1.82) is 5.26 Å². The second-order valence-corrected chi connectivity index (χ2v) is 7.52. The van der Waals surface area contributed by atoms with Gasteiger partial charge in [-0.3, -0.25) is 4.79 Å². The molecule has 2 aliphatic rings. The van der Waals surface area contributed by atoms with Crippen LogP contribution in [0.25, 0.3) is 0 Å². The molecule has 0 radical (unpaired) electrons. The molecule has 1 atom stereocenters. The SMILES string of the molecule is Cc1cc(C#N)c(N2CC[C@]3(CCCN(C(C)C)C3=O)C2)nc1C. The summed E-state index contributed by atoms with van der Waals surface area (Å²) >= 11 is 0. The number of carbonyl (C=O) groups is 1. The third-order valence-corrected chi connectivity index (χ3v) is 5.61. The van der Waals surface area contributed by atoms with Crippen LogP contribution in [0.15, 0.2) is 6.07 Å². The number of nitrogens with zero attached hydrogens (tertiary/aromatic N) is 4. The van der Waals surface area contributed by atoms with Crippen molar-refractivity contribution in [2.75, 3.05) is 24.5 Å². The monoisotopic (exact) mass is 326 g/mol. The maximum Gasteiger partial charge on any atom is 0.230 e. The Labute approximate surface area is 144 Å². The van der Waals surface area contributed by atoms with Crippen LogP contribution in [0.1, 0.15) is 49.9 Å². The minimum Gasteiger partial charge on any atom is -0.354 e. The zero-order chi connectivity index (χ0) is 17.5. The molecular formula is C19H26N4O. The van der Waals surface area contributed by atoms with Gasteiger partial charge in [0.2, 0.25) is 5.91 Å². The molecule has 24 heavy (non-hydrogen) atoms. The Hall–Kier alpha value is -2.09. The second-order valence-electron chi connectivity index (χ2n) is 7.52. The highest BCUT2D eigenvalue weighted by Gasteiger charge is 2.49. The molecule has 3 rings (SSSR count). The van der Waals surface area contributed by atoms with Crippen LogP contribution in [0, 0.1) is 30.6 Å². The molecule has 2 fully saturated rings. The van der Waals surface area contributed by atoms with E-state index in [9.17, 15) is 10.1 Å². The molecule has 2 saturated heterocycles. The summed E-state index contributed by atoms with van der Waals surface area (Å²) in [5, 5.41) is 9.47. The van der Waals surface area contributed by atoms with Crippen molar-refractivity contribution in [2.45, 2.75) is 53.0 Å². The number of pyridine rings is 1. The van der Waals surface area contributed by atoms with Crippen molar-refractivity contribution in [1.82, 2.24) is 9.88 Å². The van der Waals surface area contributed by atoms with Crippen LogP contribution in [0.3, 0.4) is 0 Å². The lowest BCUT2D eigenvalue weighted by Crippen LogP contribution is -2.52. The molecule has 0 aliphatic carbocycles. The molecule has 128 valence electrons. The number of carbonyl (C=O) groups excluding carboxylic acids is 1. The summed E-state index contributed by atoms with van der Waals surface area (Å²) < 4.78 is 0. The Morgan fingerprint density at radius 3 is 2.71 bits per heavy atom. The summed E-state index contributed by atoms with van der Waals surface area (Å²) in [5.41, 5.74) is 2.29. The maximum atomic E-state index is 13.1. The third kappa shape index (κ3) is 2.64. The summed E-state index contributed by atoms with van der Waals surface area (Å²) in [6.45, 7) is 10.5. The van der Waals surface area contributed by atoms with Gasteiger partial charge in [0.25, 0.3) is 0 Å². The molecule has 1 aromatic heterocycles. The van der Waals surface area contributed by atoms with Gasteiger partial charge >= 0.3 is 0 Å². The lowest BCUT2D eigenvalue weighted by Gasteiger charge is -2.41. The largest absolute Gasteiger partial charge is 0.354 e. The zero-order valence-electron chi connectivity index (χ0n) is 15.1. The fraction of sp³-hybridized carbons (Fsp3) is 0.632. The van der Waals surface area contributed by atoms with Crippen molar-refractivity contribution in [3.8, 4) is 6.07 Å². The molecular weight excluding hydrogens is 300 g/mol. The lowest BCUT2D eigenvalue weighted by molar-refractivity contribution is -0.147. The molecule has 5 nitrogen and oxygen atoms in total. The molecule has 3 heterocycles. The van der Waals surface area contributed by atoms with E-state index < -0.39 is 0 Å². The highest BCUT2D eigenvalue weighted by molar-refractivity contribution is 5.85. The van der Waals surface area contributed by atoms with E-state index in [0.717, 1.165) is 49.4 Å². The molecule has 0 N–H and O–H groups in total. The fourth-order valence-corrected chi connectivity index (χ4v) is 4.04. The van der Waals surface area contributed by atoms with Crippen molar-refractivity contribution in [2.24, 2.45) is 5.41 Å². The zero-order valence-corrected chi connectivity index (χ0v) is 15.1. The average Bonchev–Trinajstić information content (AvgIpc) is 2.97. The van der Waals surface area contributed by atoms with Crippen LogP contribution in [0.2, 0.25) is 0 Å². The first-order chi connectivity index (χ1) is 11.4. The number of hydrogen-bond acceptors (Lipinski definition) is 4. The van der Waals surface area contributed by atoms with Gasteiger partial charge in [-0.2, -0.15) is 5.26 Å². The number of hydrogen-bond donors (Lipinski definition) is 0. The van der Waals surface area contributed by atoms with E-state index >= 15 is 0 Å². The van der Waals surface area contributed by atoms with Crippen molar-refractivity contribution in [3.63, 3.8) is 0 Å². The van der Waals surface area contributed by atoms with E-state index in [-0.39, 0.29) is 17.4 Å². The highest BCUT2D eigenvalue weighted by Crippen LogP contribution is 2.42. The van der Waals surface area contributed by atoms with E-state index in [4.69, 9.17) is 0 Å². The molecule has 0 aromatic carbocycles. The maximum absolute atomic E-state index is 13.1. The number of rotatable bonds is 2. The van der Waals surface area contributed by atoms with Gasteiger partial charge in [0.05, 0.1) is 11.0 Å². The first-order valence-corrected chi connectivity index (χ1v) is 8.82. The average molecular weight is 326 g/mol. The Kier molecular flexibility index (Phi) is 4.25. The van der Waals surface area contributed by atoms with E-state index in [1.807, 2.05) is 24.8 Å². The number of aromatic nitrogens is 1. The first-order valence-electron chi connectivity index (χ1n) is 8.82. The van der Waals surface area contributed by atoms with Gasteiger partial charge in [-0.05, 0) is 58.6 Å². The second kappa shape index (κ2) is 6.08. The van der Waals surface area contributed by atoms with Crippen LogP contribution >= 0.6 is 0 Å². The summed E-state index contributed by atoms with van der Waals surface area (Å²) in [6, 6.07) is 4.43. The predicted molar refractivity (Wildman–Crippen MR) is 93.8 cm³/mol. The smallest absolute Gasteiger partial charge is 0.230 e. The Morgan fingerprint density at radius 1 is 1.29 bits per heavy atom. The fourth-order valence-electron chi connectivity index (χ4n) is 4.04. The quantitative estimate of drug-likeness (QED) is 0.838. The van der Waals surface area contributed by atoms with Gasteiger partial charge < -0.3 is 9.80 Å². The standard InChI is InChI=1S/C19H26N4O/c1-13(2)23-8-5-6-19(18(23)24)7-9-22(12-19)17-16(11-20)10-14(3)15(4)21-17/h10,13H,5-9,12H2,1-4H3/t19-/m1/s1. The minimum atomic E-state index is -0.296. The van der Waals surface area contributed by atoms with Gasteiger partial charge in [0, 0.05) is 31.4 Å². The summed E-state index contributed by atoms with van der Waals surface area (Å²) in [4.78, 5) is 21.9. The van der Waals surface area contributed by atoms with Crippen LogP contribution in [-0.2, 0) is 4.79 Å². The Morgan fingerprint density at radius 2 is 2.04 bits per heavy atom. The lowest BCUT2D eigenvalue weighted by atomic mass is 9.78. The Balaban J connectivity index is 1.90. The number of likely N-dealkylation sites (tertiary alicyclic amines) is 1. The normalized spacial score (nSPS) is 24.1. The first kappa shape index (κ1) is 16.8. The van der Waals surface area contributed by atoms with Crippen molar-refractivity contribution >= 4 is 11.7 Å². The van der Waals surface area contributed by atoms with Gasteiger partial charge in [-0.15, -0.1) is 0 Å². The molecule has 1 spiro atoms. The van der Waals surface area contributed by atoms with Crippen molar-refractivity contribution < 1.29 is 4.79 Å². The van der Waals surface area contributed by atoms with E-state index in [0.29, 0.717) is 12.1 Å². The topological polar surface area (TPSA) is 60.2 Å². The van der Waals surface area contributed by atoms with Gasteiger partial charge in [-0.1, -0.05) is 0 Å². The molecule has 5 heteroatoms. The molecule has 1 amide bonds. The number of anilines is 1. The van der Waals surface area contributed by atoms with Gasteiger partial charge in [-0.25, -0.2) is 4.98 Å². The Bertz CT molecular complexity index is 706. The number of amides is 1. The van der Waals surface area contributed by atoms with Gasteiger partial charge in [0.1, 0.15) is 11.9 Å². The van der Waals surface area contributed by atoms with Crippen LogP contribution in [-0.4, -0.2) is 41.5 Å². The molecule has 1 aromatic rings. The number of aryl methyl sites for hydroxylation is 2. The number of piperidine rings is 1. The summed E-state index contributed by atoms with van der Waals surface area (Å²) in [7, 11) is 0. The summed E-state index contributed by atoms with van der Waals surface area (Å²) in [5.74, 6) is 1.03. The summed E-state index contributed by atoms with van der Waals surface area (Å²) in [6.07, 6.45) is 2.86. The van der Waals surface area contributed by atoms with Crippen molar-refractivity contribution in [3.05, 3.63) is 22.9 Å². The molecule has 0 unspecified atom stereocenters. The predicted octanol–water partition coefficient (Wildman–Crippen LogP) is 2.80. The van der Waals surface area contributed by atoms with E-state index in [2.05, 4.69) is 29.8 Å². The van der Waals surface area contributed by atoms with Crippen LogP contribution in [0.4, 0.5) is 5.82 Å². The molecule has 0 saturated carbocycles. The van der Waals surface area contributed by atoms with Crippen LogP contribution < -0.4 is 4.90 Å². The van der Waals surface area contributed by atoms with E-state index in [1.54, 1.807) is 0 Å². The van der Waals surface area contributed by atoms with Gasteiger partial charge in [0.15, 0.2) is 0 Å². The third-order valence-electron chi connectivity index (χ3n) is 5.61. The molecule has 2 aliphatic heterocycles. The minimum absolute atomic E-state index is 0.248. The number of nitriles is 1. The highest BCUT2D eigenvalue weighted by atomic mass is 16.2. The van der Waals surface area contributed by atoms with E-state index in [1.165, 1.54) is 0 Å².